The summed E-state index contributed by atoms with van der Waals surface area (Å²) in [7, 11) is 7.27. The highest BCUT2D eigenvalue weighted by Gasteiger charge is 2.00. The lowest BCUT2D eigenvalue weighted by atomic mass is 10.0. The van der Waals surface area contributed by atoms with E-state index in [4.69, 9.17) is 7.85 Å². The van der Waals surface area contributed by atoms with Crippen molar-refractivity contribution in [3.8, 4) is 0 Å². The van der Waals surface area contributed by atoms with Crippen molar-refractivity contribution in [1.29, 1.82) is 0 Å². The maximum absolute atomic E-state index is 5.41. The van der Waals surface area contributed by atoms with Crippen LogP contribution in [0.1, 0.15) is 5.69 Å². The van der Waals surface area contributed by atoms with Gasteiger partial charge in [-0.2, -0.15) is 5.10 Å². The summed E-state index contributed by atoms with van der Waals surface area (Å²) in [5, 5.41) is 3.98. The summed E-state index contributed by atoms with van der Waals surface area (Å²) >= 11 is 3.31. The number of rotatable bonds is 1. The minimum Gasteiger partial charge on any atom is -0.272 e. The average Bonchev–Trinajstić information content (AvgIpc) is 2.12. The van der Waals surface area contributed by atoms with Gasteiger partial charge in [-0.05, 0) is 22.3 Å². The molecular formula is C5H6BBrN2. The van der Waals surface area contributed by atoms with Gasteiger partial charge < -0.3 is 0 Å². The third kappa shape index (κ3) is 1.18. The molecule has 0 atom stereocenters. The fourth-order valence-corrected chi connectivity index (χ4v) is 1.18. The van der Waals surface area contributed by atoms with E-state index in [9.17, 15) is 0 Å². The highest BCUT2D eigenvalue weighted by molar-refractivity contribution is 9.10. The Hall–Kier alpha value is -0.245. The van der Waals surface area contributed by atoms with Crippen molar-refractivity contribution >= 4 is 23.8 Å². The van der Waals surface area contributed by atoms with E-state index in [-0.39, 0.29) is 0 Å². The van der Waals surface area contributed by atoms with Gasteiger partial charge in [0.2, 0.25) is 0 Å². The molecule has 0 bridgehead atoms. The van der Waals surface area contributed by atoms with Crippen LogP contribution in [0.4, 0.5) is 0 Å². The molecule has 4 heteroatoms. The van der Waals surface area contributed by atoms with Crippen LogP contribution in [-0.4, -0.2) is 17.6 Å². The molecule has 0 aromatic carbocycles. The van der Waals surface area contributed by atoms with Gasteiger partial charge in [-0.25, -0.2) is 0 Å². The molecule has 1 aromatic rings. The van der Waals surface area contributed by atoms with E-state index in [2.05, 4.69) is 21.0 Å². The second kappa shape index (κ2) is 2.56. The second-order valence-corrected chi connectivity index (χ2v) is 2.62. The molecule has 0 saturated carbocycles. The van der Waals surface area contributed by atoms with Gasteiger partial charge in [0.05, 0.1) is 18.5 Å². The molecule has 0 aliphatic rings. The van der Waals surface area contributed by atoms with Gasteiger partial charge in [0.1, 0.15) is 0 Å². The first-order valence-corrected chi connectivity index (χ1v) is 3.41. The van der Waals surface area contributed by atoms with Gasteiger partial charge in [0.25, 0.3) is 0 Å². The molecule has 0 amide bonds. The molecular weight excluding hydrogens is 179 g/mol. The van der Waals surface area contributed by atoms with Crippen molar-refractivity contribution in [2.45, 2.75) is 6.32 Å². The maximum atomic E-state index is 5.41. The van der Waals surface area contributed by atoms with E-state index in [1.807, 2.05) is 7.05 Å². The smallest absolute Gasteiger partial charge is 0.0738 e. The molecule has 46 valence electrons. The molecule has 1 rings (SSSR count). The van der Waals surface area contributed by atoms with Crippen LogP contribution in [0, 0.1) is 0 Å². The fraction of sp³-hybridized carbons (Fsp3) is 0.400. The second-order valence-electron chi connectivity index (χ2n) is 1.77. The van der Waals surface area contributed by atoms with Gasteiger partial charge in [-0.1, -0.05) is 0 Å². The van der Waals surface area contributed by atoms with Gasteiger partial charge in [-0.3, -0.25) is 4.68 Å². The van der Waals surface area contributed by atoms with Crippen molar-refractivity contribution in [2.24, 2.45) is 7.05 Å². The minimum absolute atomic E-state index is 0.525. The lowest BCUT2D eigenvalue weighted by Crippen LogP contribution is -1.97. The molecule has 1 aromatic heterocycles. The summed E-state index contributed by atoms with van der Waals surface area (Å²) in [6, 6.07) is 0. The average molecular weight is 185 g/mol. The van der Waals surface area contributed by atoms with Crippen LogP contribution < -0.4 is 0 Å². The van der Waals surface area contributed by atoms with Gasteiger partial charge in [0, 0.05) is 12.7 Å². The Bertz CT molecular complexity index is 189. The molecule has 0 spiro atoms. The van der Waals surface area contributed by atoms with Crippen LogP contribution in [0.25, 0.3) is 0 Å². The third-order valence-electron chi connectivity index (χ3n) is 1.20. The summed E-state index contributed by atoms with van der Waals surface area (Å²) in [5.41, 5.74) is 1.02. The van der Waals surface area contributed by atoms with Crippen LogP contribution in [0.3, 0.4) is 0 Å². The molecule has 9 heavy (non-hydrogen) atoms. The minimum atomic E-state index is 0.525. The number of aromatic nitrogens is 2. The van der Waals surface area contributed by atoms with Crippen LogP contribution in [0.15, 0.2) is 10.7 Å². The van der Waals surface area contributed by atoms with Gasteiger partial charge in [0.15, 0.2) is 0 Å². The van der Waals surface area contributed by atoms with Gasteiger partial charge in [-0.15, -0.1) is 0 Å². The SMILES string of the molecule is [B]Cc1c(Br)cnn1C. The molecule has 0 aliphatic heterocycles. The fourth-order valence-electron chi connectivity index (χ4n) is 0.666. The maximum Gasteiger partial charge on any atom is 0.0738 e. The number of hydrogen-bond acceptors (Lipinski definition) is 1. The summed E-state index contributed by atoms with van der Waals surface area (Å²) in [4.78, 5) is 0. The van der Waals surface area contributed by atoms with Crippen LogP contribution >= 0.6 is 15.9 Å². The zero-order chi connectivity index (χ0) is 6.85. The molecule has 0 aliphatic carbocycles. The first-order chi connectivity index (χ1) is 4.25. The van der Waals surface area contributed by atoms with E-state index in [0.29, 0.717) is 6.32 Å². The molecule has 0 saturated heterocycles. The molecule has 1 heterocycles. The highest BCUT2D eigenvalue weighted by atomic mass is 79.9. The predicted molar refractivity (Wildman–Crippen MR) is 40.4 cm³/mol. The highest BCUT2D eigenvalue weighted by Crippen LogP contribution is 2.13. The summed E-state index contributed by atoms with van der Waals surface area (Å²) < 4.78 is 2.73. The number of halogens is 1. The Morgan fingerprint density at radius 2 is 2.56 bits per heavy atom. The Morgan fingerprint density at radius 3 is 2.78 bits per heavy atom. The van der Waals surface area contributed by atoms with E-state index in [1.54, 1.807) is 10.9 Å². The van der Waals surface area contributed by atoms with E-state index in [1.165, 1.54) is 0 Å². The van der Waals surface area contributed by atoms with Crippen LogP contribution in [0.5, 0.6) is 0 Å². The molecule has 0 N–H and O–H groups in total. The van der Waals surface area contributed by atoms with Crippen molar-refractivity contribution in [3.05, 3.63) is 16.4 Å². The summed E-state index contributed by atoms with van der Waals surface area (Å²) in [6.07, 6.45) is 2.26. The molecule has 0 fully saturated rings. The Balaban J connectivity index is 3.07. The zero-order valence-corrected chi connectivity index (χ0v) is 6.72. The zero-order valence-electron chi connectivity index (χ0n) is 5.13. The van der Waals surface area contributed by atoms with Crippen LogP contribution in [0.2, 0.25) is 0 Å². The quantitative estimate of drug-likeness (QED) is 0.592. The standard InChI is InChI=1S/C5H6BBrN2/c1-9-5(2-6)4(7)3-8-9/h3H,2H2,1H3. The molecule has 0 unspecified atom stereocenters. The van der Waals surface area contributed by atoms with Crippen LogP contribution in [-0.2, 0) is 13.4 Å². The first-order valence-electron chi connectivity index (χ1n) is 2.62. The predicted octanol–water partition coefficient (Wildman–Crippen LogP) is 0.851. The normalized spacial score (nSPS) is 10.0. The van der Waals surface area contributed by atoms with Gasteiger partial charge >= 0.3 is 0 Å². The lowest BCUT2D eigenvalue weighted by molar-refractivity contribution is 0.734. The van der Waals surface area contributed by atoms with Crippen molar-refractivity contribution < 1.29 is 0 Å². The topological polar surface area (TPSA) is 17.8 Å². The van der Waals surface area contributed by atoms with Crippen molar-refractivity contribution in [2.75, 3.05) is 0 Å². The monoisotopic (exact) mass is 184 g/mol. The van der Waals surface area contributed by atoms with E-state index < -0.39 is 0 Å². The number of aryl methyl sites for hydroxylation is 1. The summed E-state index contributed by atoms with van der Waals surface area (Å²) in [6.45, 7) is 0. The number of nitrogens with zero attached hydrogens (tertiary/aromatic N) is 2. The van der Waals surface area contributed by atoms with Crippen molar-refractivity contribution in [3.63, 3.8) is 0 Å². The Labute approximate surface area is 63.8 Å². The molecule has 2 nitrogen and oxygen atoms in total. The Morgan fingerprint density at radius 1 is 1.89 bits per heavy atom. The van der Waals surface area contributed by atoms with E-state index >= 15 is 0 Å². The van der Waals surface area contributed by atoms with E-state index in [0.717, 1.165) is 10.2 Å². The molecule has 2 radical (unpaired) electrons. The van der Waals surface area contributed by atoms with Crippen molar-refractivity contribution in [1.82, 2.24) is 9.78 Å². The third-order valence-corrected chi connectivity index (χ3v) is 1.87. The number of hydrogen-bond donors (Lipinski definition) is 0. The lowest BCUT2D eigenvalue weighted by Gasteiger charge is -1.95. The largest absolute Gasteiger partial charge is 0.272 e. The Kier molecular flexibility index (Phi) is 1.95. The summed E-state index contributed by atoms with van der Waals surface area (Å²) in [5.74, 6) is 0. The first kappa shape index (κ1) is 6.87.